The standard InChI is InChI=1S/C24H40O5/c1-13(4-7-21(28)29)16-5-6-17-22-18(12-20(27)24(16,17)3)23(2)9-8-15(25)10-14(23)11-19(22)26/h13-20,22,25-27H,4-12H2,1-3H3,(H,28,29)/t13-,14+,15+,16+,17-,18-,19-,20+,22-,23+,24+/m1/s1. The minimum atomic E-state index is -0.748. The Balaban J connectivity index is 1.61. The maximum absolute atomic E-state index is 11.5. The lowest BCUT2D eigenvalue weighted by Gasteiger charge is -2.63. The lowest BCUT2D eigenvalue weighted by atomic mass is 9.43. The third-order valence-corrected chi connectivity index (χ3v) is 10.3. The van der Waals surface area contributed by atoms with Gasteiger partial charge in [0.05, 0.1) is 18.3 Å². The normalized spacial score (nSPS) is 52.9. The summed E-state index contributed by atoms with van der Waals surface area (Å²) in [6.45, 7) is 6.72. The van der Waals surface area contributed by atoms with Crippen LogP contribution in [0.5, 0.6) is 0 Å². The van der Waals surface area contributed by atoms with Gasteiger partial charge in [0.25, 0.3) is 0 Å². The second-order valence-corrected chi connectivity index (χ2v) is 11.4. The Bertz CT molecular complexity index is 637. The highest BCUT2D eigenvalue weighted by molar-refractivity contribution is 5.66. The molecule has 4 rings (SSSR count). The van der Waals surface area contributed by atoms with Gasteiger partial charge in [0.15, 0.2) is 0 Å². The van der Waals surface area contributed by atoms with Crippen LogP contribution in [0.25, 0.3) is 0 Å². The third-order valence-electron chi connectivity index (χ3n) is 10.3. The lowest BCUT2D eigenvalue weighted by Crippen LogP contribution is -2.62. The average Bonchev–Trinajstić information content (AvgIpc) is 3.01. The van der Waals surface area contributed by atoms with Gasteiger partial charge in [-0.1, -0.05) is 20.8 Å². The van der Waals surface area contributed by atoms with E-state index in [0.717, 1.165) is 44.9 Å². The Morgan fingerprint density at radius 1 is 1.03 bits per heavy atom. The molecule has 5 heteroatoms. The highest BCUT2D eigenvalue weighted by atomic mass is 16.4. The molecule has 0 amide bonds. The van der Waals surface area contributed by atoms with Gasteiger partial charge in [0, 0.05) is 6.42 Å². The zero-order chi connectivity index (χ0) is 21.1. The average molecular weight is 409 g/mol. The number of aliphatic carboxylic acids is 1. The number of hydrogen-bond acceptors (Lipinski definition) is 4. The van der Waals surface area contributed by atoms with Crippen molar-refractivity contribution < 1.29 is 25.2 Å². The molecule has 166 valence electrons. The summed E-state index contributed by atoms with van der Waals surface area (Å²) < 4.78 is 0. The molecule has 0 aromatic rings. The van der Waals surface area contributed by atoms with Crippen LogP contribution in [-0.4, -0.2) is 44.7 Å². The molecular weight excluding hydrogens is 368 g/mol. The lowest BCUT2D eigenvalue weighted by molar-refractivity contribution is -0.207. The Kier molecular flexibility index (Phi) is 5.57. The number of rotatable bonds is 4. The summed E-state index contributed by atoms with van der Waals surface area (Å²) in [5.74, 6) is 0.997. The van der Waals surface area contributed by atoms with Crippen molar-refractivity contribution in [3.05, 3.63) is 0 Å². The van der Waals surface area contributed by atoms with Crippen molar-refractivity contribution in [3.63, 3.8) is 0 Å². The van der Waals surface area contributed by atoms with Gasteiger partial charge >= 0.3 is 5.97 Å². The van der Waals surface area contributed by atoms with Gasteiger partial charge in [0.1, 0.15) is 0 Å². The van der Waals surface area contributed by atoms with Crippen molar-refractivity contribution in [2.24, 2.45) is 46.3 Å². The summed E-state index contributed by atoms with van der Waals surface area (Å²) in [6.07, 6.45) is 6.00. The first-order valence-electron chi connectivity index (χ1n) is 11.8. The number of aliphatic hydroxyl groups is 3. The van der Waals surface area contributed by atoms with Gasteiger partial charge in [-0.3, -0.25) is 4.79 Å². The van der Waals surface area contributed by atoms with E-state index in [1.807, 2.05) is 0 Å². The number of carboxylic acid groups (broad SMARTS) is 1. The zero-order valence-corrected chi connectivity index (χ0v) is 18.3. The summed E-state index contributed by atoms with van der Waals surface area (Å²) in [7, 11) is 0. The van der Waals surface area contributed by atoms with Gasteiger partial charge in [-0.25, -0.2) is 0 Å². The van der Waals surface area contributed by atoms with E-state index in [-0.39, 0.29) is 41.3 Å². The maximum Gasteiger partial charge on any atom is 0.303 e. The van der Waals surface area contributed by atoms with E-state index in [1.165, 1.54) is 0 Å². The van der Waals surface area contributed by atoms with Gasteiger partial charge in [-0.15, -0.1) is 0 Å². The van der Waals surface area contributed by atoms with Crippen LogP contribution in [0.2, 0.25) is 0 Å². The first kappa shape index (κ1) is 21.6. The molecule has 0 spiro atoms. The highest BCUT2D eigenvalue weighted by Crippen LogP contribution is 2.68. The molecule has 0 unspecified atom stereocenters. The number of hydrogen-bond donors (Lipinski definition) is 4. The molecule has 4 fully saturated rings. The number of carboxylic acids is 1. The van der Waals surface area contributed by atoms with E-state index in [1.54, 1.807) is 0 Å². The number of fused-ring (bicyclic) bond motifs is 5. The fraction of sp³-hybridized carbons (Fsp3) is 0.958. The second-order valence-electron chi connectivity index (χ2n) is 11.4. The van der Waals surface area contributed by atoms with Crippen LogP contribution in [-0.2, 0) is 4.79 Å². The number of carbonyl (C=O) groups is 1. The van der Waals surface area contributed by atoms with Crippen molar-refractivity contribution in [2.75, 3.05) is 0 Å². The molecule has 4 N–H and O–H groups in total. The van der Waals surface area contributed by atoms with Gasteiger partial charge < -0.3 is 20.4 Å². The quantitative estimate of drug-likeness (QED) is 0.571. The molecule has 0 aromatic heterocycles. The molecule has 0 aliphatic heterocycles. The predicted molar refractivity (Wildman–Crippen MR) is 110 cm³/mol. The Hall–Kier alpha value is -0.650. The molecule has 0 radical (unpaired) electrons. The molecule has 0 heterocycles. The van der Waals surface area contributed by atoms with Crippen molar-refractivity contribution in [1.82, 2.24) is 0 Å². The van der Waals surface area contributed by atoms with Gasteiger partial charge in [-0.2, -0.15) is 0 Å². The van der Waals surface area contributed by atoms with Crippen molar-refractivity contribution in [2.45, 2.75) is 96.9 Å². The Morgan fingerprint density at radius 2 is 1.76 bits per heavy atom. The topological polar surface area (TPSA) is 98.0 Å². The Labute approximate surface area is 174 Å². The summed E-state index contributed by atoms with van der Waals surface area (Å²) in [6, 6.07) is 0. The Morgan fingerprint density at radius 3 is 2.45 bits per heavy atom. The molecule has 29 heavy (non-hydrogen) atoms. The molecule has 11 atom stereocenters. The molecule has 4 aliphatic carbocycles. The van der Waals surface area contributed by atoms with Gasteiger partial charge in [-0.05, 0) is 97.7 Å². The molecule has 4 saturated carbocycles. The van der Waals surface area contributed by atoms with Crippen LogP contribution in [0.3, 0.4) is 0 Å². The van der Waals surface area contributed by atoms with Crippen LogP contribution in [0.15, 0.2) is 0 Å². The minimum absolute atomic E-state index is 0.0957. The van der Waals surface area contributed by atoms with E-state index < -0.39 is 12.1 Å². The highest BCUT2D eigenvalue weighted by Gasteiger charge is 2.65. The monoisotopic (exact) mass is 408 g/mol. The fourth-order valence-corrected chi connectivity index (χ4v) is 8.68. The van der Waals surface area contributed by atoms with E-state index in [4.69, 9.17) is 5.11 Å². The summed E-state index contributed by atoms with van der Waals surface area (Å²) in [4.78, 5) is 11.1. The smallest absolute Gasteiger partial charge is 0.303 e. The molecule has 0 aromatic carbocycles. The molecule has 0 saturated heterocycles. The van der Waals surface area contributed by atoms with E-state index in [9.17, 15) is 20.1 Å². The summed E-state index contributed by atoms with van der Waals surface area (Å²) in [5, 5.41) is 42.0. The molecule has 5 nitrogen and oxygen atoms in total. The maximum atomic E-state index is 11.5. The van der Waals surface area contributed by atoms with Crippen LogP contribution >= 0.6 is 0 Å². The van der Waals surface area contributed by atoms with Gasteiger partial charge in [0.2, 0.25) is 0 Å². The minimum Gasteiger partial charge on any atom is -0.481 e. The largest absolute Gasteiger partial charge is 0.481 e. The first-order valence-corrected chi connectivity index (χ1v) is 11.8. The van der Waals surface area contributed by atoms with E-state index in [2.05, 4.69) is 20.8 Å². The van der Waals surface area contributed by atoms with E-state index in [0.29, 0.717) is 30.1 Å². The second kappa shape index (κ2) is 7.49. The molecular formula is C24H40O5. The SMILES string of the molecule is C[C@H](CCC(=O)O)[C@@H]1CC[C@@H]2[C@H]3[C@H](O)C[C@@H]4C[C@@H](O)CC[C@]4(C)[C@@H]3C[C@H](O)[C@]21C. The van der Waals surface area contributed by atoms with Crippen molar-refractivity contribution >= 4 is 5.97 Å². The predicted octanol–water partition coefficient (Wildman–Crippen LogP) is 3.45. The van der Waals surface area contributed by atoms with Crippen molar-refractivity contribution in [3.8, 4) is 0 Å². The van der Waals surface area contributed by atoms with Crippen LogP contribution < -0.4 is 0 Å². The molecule has 4 aliphatic rings. The van der Waals surface area contributed by atoms with Crippen molar-refractivity contribution in [1.29, 1.82) is 0 Å². The first-order chi connectivity index (χ1) is 13.6. The van der Waals surface area contributed by atoms with E-state index >= 15 is 0 Å². The third kappa shape index (κ3) is 3.27. The van der Waals surface area contributed by atoms with Crippen LogP contribution in [0.4, 0.5) is 0 Å². The summed E-state index contributed by atoms with van der Waals surface area (Å²) >= 11 is 0. The van der Waals surface area contributed by atoms with Crippen LogP contribution in [0.1, 0.15) is 78.6 Å². The van der Waals surface area contributed by atoms with Crippen LogP contribution in [0, 0.1) is 46.3 Å². The fourth-order valence-electron chi connectivity index (χ4n) is 8.68. The number of aliphatic hydroxyl groups excluding tert-OH is 3. The summed E-state index contributed by atoms with van der Waals surface area (Å²) in [5.41, 5.74) is -0.143. The molecule has 0 bridgehead atoms. The zero-order valence-electron chi connectivity index (χ0n) is 18.3.